The Bertz CT molecular complexity index is 365. The Balaban J connectivity index is 2.22. The minimum Gasteiger partial charge on any atom is -0.290 e. The molecule has 2 rings (SSSR count). The number of benzene rings is 1. The van der Waals surface area contributed by atoms with Gasteiger partial charge in [0.2, 0.25) is 0 Å². The molecule has 15 heavy (non-hydrogen) atoms. The van der Waals surface area contributed by atoms with Crippen molar-refractivity contribution in [2.75, 3.05) is 6.54 Å². The molecular formula is C14H19N. The predicted octanol–water partition coefficient (Wildman–Crippen LogP) is 3.01. The summed E-state index contributed by atoms with van der Waals surface area (Å²) in [6.45, 7) is 10.6. The van der Waals surface area contributed by atoms with Gasteiger partial charge in [-0.3, -0.25) is 4.90 Å². The molecule has 0 spiro atoms. The van der Waals surface area contributed by atoms with E-state index in [2.05, 4.69) is 49.6 Å². The Kier molecular flexibility index (Phi) is 2.66. The summed E-state index contributed by atoms with van der Waals surface area (Å²) in [5, 5.41) is 0. The van der Waals surface area contributed by atoms with Gasteiger partial charge in [0.05, 0.1) is 0 Å². The van der Waals surface area contributed by atoms with Gasteiger partial charge >= 0.3 is 0 Å². The number of fused-ring (bicyclic) bond motifs is 1. The van der Waals surface area contributed by atoms with E-state index in [-0.39, 0.29) is 5.54 Å². The maximum atomic E-state index is 3.92. The summed E-state index contributed by atoms with van der Waals surface area (Å²) in [7, 11) is 0. The molecule has 1 heterocycles. The summed E-state index contributed by atoms with van der Waals surface area (Å²) in [5.74, 6) is 0. The van der Waals surface area contributed by atoms with Crippen molar-refractivity contribution in [1.82, 2.24) is 4.90 Å². The molecule has 0 unspecified atom stereocenters. The van der Waals surface area contributed by atoms with Crippen molar-refractivity contribution in [1.29, 1.82) is 0 Å². The summed E-state index contributed by atoms with van der Waals surface area (Å²) in [6.07, 6.45) is 3.20. The molecule has 1 heteroatoms. The summed E-state index contributed by atoms with van der Waals surface area (Å²) >= 11 is 0. The van der Waals surface area contributed by atoms with Gasteiger partial charge in [0.1, 0.15) is 0 Å². The topological polar surface area (TPSA) is 3.24 Å². The fourth-order valence-electron chi connectivity index (χ4n) is 2.12. The van der Waals surface area contributed by atoms with E-state index in [1.54, 1.807) is 0 Å². The maximum Gasteiger partial charge on any atom is 0.0336 e. The quantitative estimate of drug-likeness (QED) is 0.665. The zero-order valence-electron chi connectivity index (χ0n) is 9.66. The average Bonchev–Trinajstić information content (AvgIpc) is 2.28. The van der Waals surface area contributed by atoms with E-state index in [0.29, 0.717) is 0 Å². The fourth-order valence-corrected chi connectivity index (χ4v) is 2.12. The largest absolute Gasteiger partial charge is 0.290 e. The van der Waals surface area contributed by atoms with E-state index < -0.39 is 0 Å². The normalized spacial score (nSPS) is 17.2. The smallest absolute Gasteiger partial charge is 0.0336 e. The van der Waals surface area contributed by atoms with Crippen LogP contribution in [-0.2, 0) is 13.0 Å². The number of nitrogens with zero attached hydrogens (tertiary/aromatic N) is 1. The Morgan fingerprint density at radius 3 is 2.60 bits per heavy atom. The van der Waals surface area contributed by atoms with Gasteiger partial charge in [-0.05, 0) is 31.4 Å². The number of hydrogen-bond acceptors (Lipinski definition) is 1. The van der Waals surface area contributed by atoms with E-state index in [1.807, 2.05) is 6.08 Å². The van der Waals surface area contributed by atoms with Gasteiger partial charge in [-0.2, -0.15) is 0 Å². The third-order valence-corrected chi connectivity index (χ3v) is 3.45. The van der Waals surface area contributed by atoms with Crippen molar-refractivity contribution in [2.45, 2.75) is 32.4 Å². The second-order valence-corrected chi connectivity index (χ2v) is 4.80. The summed E-state index contributed by atoms with van der Waals surface area (Å²) in [4.78, 5) is 2.49. The molecule has 0 aliphatic carbocycles. The number of hydrogen-bond donors (Lipinski definition) is 0. The first kappa shape index (κ1) is 10.4. The van der Waals surface area contributed by atoms with Crippen LogP contribution in [0.4, 0.5) is 0 Å². The van der Waals surface area contributed by atoms with Gasteiger partial charge in [-0.25, -0.2) is 0 Å². The first-order chi connectivity index (χ1) is 7.13. The monoisotopic (exact) mass is 201 g/mol. The van der Waals surface area contributed by atoms with E-state index in [9.17, 15) is 0 Å². The van der Waals surface area contributed by atoms with Crippen LogP contribution in [0.1, 0.15) is 25.0 Å². The lowest BCUT2D eigenvalue weighted by atomic mass is 9.94. The van der Waals surface area contributed by atoms with E-state index in [1.165, 1.54) is 11.1 Å². The number of rotatable bonds is 2. The Morgan fingerprint density at radius 1 is 1.27 bits per heavy atom. The molecule has 1 aromatic carbocycles. The first-order valence-corrected chi connectivity index (χ1v) is 5.59. The van der Waals surface area contributed by atoms with Crippen LogP contribution in [0.25, 0.3) is 0 Å². The average molecular weight is 201 g/mol. The SMILES string of the molecule is C=CC(C)(C)N1CCc2ccccc2C1. The highest BCUT2D eigenvalue weighted by Crippen LogP contribution is 2.25. The molecule has 0 saturated carbocycles. The zero-order chi connectivity index (χ0) is 10.9. The van der Waals surface area contributed by atoms with Crippen molar-refractivity contribution in [3.63, 3.8) is 0 Å². The van der Waals surface area contributed by atoms with Gasteiger partial charge in [0.25, 0.3) is 0 Å². The van der Waals surface area contributed by atoms with E-state index in [4.69, 9.17) is 0 Å². The first-order valence-electron chi connectivity index (χ1n) is 5.59. The molecule has 0 fully saturated rings. The molecule has 1 aliphatic heterocycles. The molecule has 80 valence electrons. The van der Waals surface area contributed by atoms with Crippen LogP contribution in [0.3, 0.4) is 0 Å². The maximum absolute atomic E-state index is 3.92. The lowest BCUT2D eigenvalue weighted by Gasteiger charge is -2.39. The molecule has 1 aliphatic rings. The standard InChI is InChI=1S/C14H19N/c1-4-14(2,3)15-10-9-12-7-5-6-8-13(12)11-15/h4-8H,1,9-11H2,2-3H3. The van der Waals surface area contributed by atoms with Crippen LogP contribution in [0.15, 0.2) is 36.9 Å². The van der Waals surface area contributed by atoms with Crippen LogP contribution in [0.2, 0.25) is 0 Å². The van der Waals surface area contributed by atoms with Crippen molar-refractivity contribution < 1.29 is 0 Å². The van der Waals surface area contributed by atoms with Crippen LogP contribution in [0.5, 0.6) is 0 Å². The zero-order valence-corrected chi connectivity index (χ0v) is 9.66. The van der Waals surface area contributed by atoms with Crippen LogP contribution < -0.4 is 0 Å². The molecule has 0 N–H and O–H groups in total. The predicted molar refractivity (Wildman–Crippen MR) is 64.8 cm³/mol. The molecule has 0 atom stereocenters. The highest BCUT2D eigenvalue weighted by molar-refractivity contribution is 5.29. The third-order valence-electron chi connectivity index (χ3n) is 3.45. The van der Waals surface area contributed by atoms with Gasteiger partial charge in [0, 0.05) is 18.6 Å². The molecule has 0 radical (unpaired) electrons. The van der Waals surface area contributed by atoms with E-state index in [0.717, 1.165) is 19.5 Å². The van der Waals surface area contributed by atoms with Crippen LogP contribution >= 0.6 is 0 Å². The Morgan fingerprint density at radius 2 is 1.93 bits per heavy atom. The molecular weight excluding hydrogens is 182 g/mol. The van der Waals surface area contributed by atoms with E-state index >= 15 is 0 Å². The minimum absolute atomic E-state index is 0.105. The molecule has 1 nitrogen and oxygen atoms in total. The van der Waals surface area contributed by atoms with Gasteiger partial charge in [0.15, 0.2) is 0 Å². The second kappa shape index (κ2) is 3.82. The summed E-state index contributed by atoms with van der Waals surface area (Å²) in [6, 6.07) is 8.74. The molecule has 0 saturated heterocycles. The molecule has 0 bridgehead atoms. The van der Waals surface area contributed by atoms with Crippen molar-refractivity contribution in [3.05, 3.63) is 48.0 Å². The lowest BCUT2D eigenvalue weighted by Crippen LogP contribution is -2.44. The minimum atomic E-state index is 0.105. The van der Waals surface area contributed by atoms with Gasteiger partial charge in [-0.15, -0.1) is 6.58 Å². The molecule has 0 aromatic heterocycles. The molecule has 1 aromatic rings. The fraction of sp³-hybridized carbons (Fsp3) is 0.429. The highest BCUT2D eigenvalue weighted by Gasteiger charge is 2.26. The summed E-state index contributed by atoms with van der Waals surface area (Å²) in [5.41, 5.74) is 3.08. The lowest BCUT2D eigenvalue weighted by molar-refractivity contribution is 0.145. The van der Waals surface area contributed by atoms with Crippen molar-refractivity contribution in [3.8, 4) is 0 Å². The second-order valence-electron chi connectivity index (χ2n) is 4.80. The highest BCUT2D eigenvalue weighted by atomic mass is 15.2. The van der Waals surface area contributed by atoms with Crippen LogP contribution in [-0.4, -0.2) is 17.0 Å². The van der Waals surface area contributed by atoms with Crippen molar-refractivity contribution in [2.24, 2.45) is 0 Å². The van der Waals surface area contributed by atoms with Gasteiger partial charge in [-0.1, -0.05) is 30.3 Å². The Hall–Kier alpha value is -1.08. The summed E-state index contributed by atoms with van der Waals surface area (Å²) < 4.78 is 0. The van der Waals surface area contributed by atoms with Crippen LogP contribution in [0, 0.1) is 0 Å². The van der Waals surface area contributed by atoms with Crippen molar-refractivity contribution >= 4 is 0 Å². The third kappa shape index (κ3) is 1.98. The van der Waals surface area contributed by atoms with Gasteiger partial charge < -0.3 is 0 Å². The Labute approximate surface area is 92.4 Å². The molecule has 0 amide bonds.